The van der Waals surface area contributed by atoms with Gasteiger partial charge in [-0.3, -0.25) is 4.79 Å². The van der Waals surface area contributed by atoms with Crippen LogP contribution < -0.4 is 10.6 Å². The largest absolute Gasteiger partial charge is 0.508 e. The highest BCUT2D eigenvalue weighted by atomic mass is 16.5. The number of amides is 2. The van der Waals surface area contributed by atoms with E-state index in [9.17, 15) is 24.6 Å². The van der Waals surface area contributed by atoms with Gasteiger partial charge in [0.15, 0.2) is 6.10 Å². The lowest BCUT2D eigenvalue weighted by Crippen LogP contribution is -2.41. The van der Waals surface area contributed by atoms with Crippen LogP contribution in [0.5, 0.6) is 5.75 Å². The third kappa shape index (κ3) is 5.10. The SMILES string of the molecule is COC(CNC(=O)OCC1c2ccccc2-c2ccccc21)C(=O)Nc1ccc(O)cc1C(=O)O. The molecular weight excluding hydrogens is 452 g/mol. The van der Waals surface area contributed by atoms with Crippen molar-refractivity contribution in [2.45, 2.75) is 12.0 Å². The van der Waals surface area contributed by atoms with Gasteiger partial charge in [-0.15, -0.1) is 0 Å². The maximum atomic E-state index is 12.6. The molecule has 35 heavy (non-hydrogen) atoms. The number of phenolic OH excluding ortho intramolecular Hbond substituents is 1. The topological polar surface area (TPSA) is 134 Å². The molecule has 0 fully saturated rings. The van der Waals surface area contributed by atoms with Gasteiger partial charge in [-0.25, -0.2) is 9.59 Å². The highest BCUT2D eigenvalue weighted by molar-refractivity contribution is 6.02. The van der Waals surface area contributed by atoms with Crippen LogP contribution in [-0.2, 0) is 14.3 Å². The molecule has 3 aromatic carbocycles. The third-order valence-corrected chi connectivity index (χ3v) is 5.84. The minimum absolute atomic E-state index is 0.0107. The van der Waals surface area contributed by atoms with Crippen molar-refractivity contribution in [3.8, 4) is 16.9 Å². The van der Waals surface area contributed by atoms with E-state index in [1.54, 1.807) is 0 Å². The maximum absolute atomic E-state index is 12.6. The normalized spacial score (nSPS) is 12.8. The van der Waals surface area contributed by atoms with Crippen LogP contribution in [0.15, 0.2) is 66.7 Å². The summed E-state index contributed by atoms with van der Waals surface area (Å²) < 4.78 is 10.6. The molecule has 2 amide bonds. The molecule has 4 N–H and O–H groups in total. The zero-order valence-corrected chi connectivity index (χ0v) is 18.9. The number of phenols is 1. The molecule has 0 saturated carbocycles. The number of methoxy groups -OCH3 is 1. The van der Waals surface area contributed by atoms with Crippen LogP contribution in [-0.4, -0.2) is 54.5 Å². The molecule has 0 saturated heterocycles. The lowest BCUT2D eigenvalue weighted by molar-refractivity contribution is -0.125. The fourth-order valence-corrected chi connectivity index (χ4v) is 4.14. The van der Waals surface area contributed by atoms with E-state index in [1.807, 2.05) is 48.5 Å². The van der Waals surface area contributed by atoms with Gasteiger partial charge < -0.3 is 30.3 Å². The Morgan fingerprint density at radius 1 is 0.971 bits per heavy atom. The number of benzene rings is 3. The molecule has 0 heterocycles. The Balaban J connectivity index is 1.35. The molecule has 1 atom stereocenters. The van der Waals surface area contributed by atoms with Crippen LogP contribution in [0.3, 0.4) is 0 Å². The van der Waals surface area contributed by atoms with Gasteiger partial charge in [0, 0.05) is 13.0 Å². The summed E-state index contributed by atoms with van der Waals surface area (Å²) in [5, 5.41) is 23.7. The number of carboxylic acid groups (broad SMARTS) is 1. The number of hydrogen-bond donors (Lipinski definition) is 4. The summed E-state index contributed by atoms with van der Waals surface area (Å²) >= 11 is 0. The van der Waals surface area contributed by atoms with Crippen molar-refractivity contribution in [2.75, 3.05) is 25.6 Å². The van der Waals surface area contributed by atoms with Crippen molar-refractivity contribution in [3.63, 3.8) is 0 Å². The predicted molar refractivity (Wildman–Crippen MR) is 128 cm³/mol. The molecule has 3 aromatic rings. The number of carboxylic acids is 1. The maximum Gasteiger partial charge on any atom is 0.407 e. The van der Waals surface area contributed by atoms with Gasteiger partial charge >= 0.3 is 12.1 Å². The lowest BCUT2D eigenvalue weighted by Gasteiger charge is -2.18. The molecule has 1 aliphatic rings. The number of aromatic hydroxyl groups is 1. The standard InChI is InChI=1S/C26H24N2O7/c1-34-23(24(30)28-22-11-10-15(29)12-20(22)25(31)32)13-27-26(33)35-14-21-18-8-4-2-6-16(18)17-7-3-5-9-19(17)21/h2-12,21,23,29H,13-14H2,1H3,(H,27,33)(H,28,30)(H,31,32). The Morgan fingerprint density at radius 3 is 2.20 bits per heavy atom. The molecule has 9 heteroatoms. The van der Waals surface area contributed by atoms with E-state index in [0.717, 1.165) is 28.3 Å². The first-order valence-corrected chi connectivity index (χ1v) is 10.9. The smallest absolute Gasteiger partial charge is 0.407 e. The highest BCUT2D eigenvalue weighted by Crippen LogP contribution is 2.44. The highest BCUT2D eigenvalue weighted by Gasteiger charge is 2.29. The monoisotopic (exact) mass is 476 g/mol. The van der Waals surface area contributed by atoms with E-state index in [-0.39, 0.29) is 36.1 Å². The van der Waals surface area contributed by atoms with E-state index < -0.39 is 24.1 Å². The second-order valence-electron chi connectivity index (χ2n) is 7.96. The van der Waals surface area contributed by atoms with Crippen molar-refractivity contribution in [1.29, 1.82) is 0 Å². The van der Waals surface area contributed by atoms with E-state index >= 15 is 0 Å². The molecule has 1 aliphatic carbocycles. The summed E-state index contributed by atoms with van der Waals surface area (Å²) in [4.78, 5) is 36.3. The van der Waals surface area contributed by atoms with E-state index in [1.165, 1.54) is 19.2 Å². The summed E-state index contributed by atoms with van der Waals surface area (Å²) in [6, 6.07) is 19.5. The van der Waals surface area contributed by atoms with Crippen molar-refractivity contribution >= 4 is 23.7 Å². The Labute approximate surface area is 201 Å². The Bertz CT molecular complexity index is 1230. The number of aromatic carboxylic acids is 1. The minimum atomic E-state index is -1.32. The van der Waals surface area contributed by atoms with Gasteiger partial charge in [0.2, 0.25) is 0 Å². The van der Waals surface area contributed by atoms with Crippen LogP contribution in [0.2, 0.25) is 0 Å². The molecule has 0 spiro atoms. The number of ether oxygens (including phenoxy) is 2. The predicted octanol–water partition coefficient (Wildman–Crippen LogP) is 3.58. The summed E-state index contributed by atoms with van der Waals surface area (Å²) in [5.74, 6) is -2.33. The number of hydrogen-bond acceptors (Lipinski definition) is 6. The van der Waals surface area contributed by atoms with Crippen molar-refractivity contribution in [3.05, 3.63) is 83.4 Å². The fourth-order valence-electron chi connectivity index (χ4n) is 4.14. The summed E-state index contributed by atoms with van der Waals surface area (Å²) in [6.07, 6.45) is -1.82. The zero-order valence-electron chi connectivity index (χ0n) is 18.9. The average Bonchev–Trinajstić information content (AvgIpc) is 3.18. The first kappa shape index (κ1) is 23.8. The Kier molecular flexibility index (Phi) is 6.98. The molecule has 1 unspecified atom stereocenters. The number of nitrogens with one attached hydrogen (secondary N) is 2. The molecule has 180 valence electrons. The van der Waals surface area contributed by atoms with Gasteiger partial charge in [-0.05, 0) is 40.5 Å². The Morgan fingerprint density at radius 2 is 1.60 bits per heavy atom. The van der Waals surface area contributed by atoms with Crippen molar-refractivity contribution in [2.24, 2.45) is 0 Å². The Hall–Kier alpha value is -4.37. The summed E-state index contributed by atoms with van der Waals surface area (Å²) in [7, 11) is 1.29. The second kappa shape index (κ2) is 10.3. The van der Waals surface area contributed by atoms with E-state index in [0.29, 0.717) is 0 Å². The third-order valence-electron chi connectivity index (χ3n) is 5.84. The average molecular weight is 476 g/mol. The van der Waals surface area contributed by atoms with Gasteiger partial charge in [0.25, 0.3) is 5.91 Å². The van der Waals surface area contributed by atoms with Crippen LogP contribution in [0.4, 0.5) is 10.5 Å². The number of fused-ring (bicyclic) bond motifs is 3. The van der Waals surface area contributed by atoms with E-state index in [2.05, 4.69) is 10.6 Å². The van der Waals surface area contributed by atoms with Crippen molar-refractivity contribution in [1.82, 2.24) is 5.32 Å². The molecule has 4 rings (SSSR count). The number of rotatable bonds is 8. The number of carbonyl (C=O) groups is 3. The first-order chi connectivity index (χ1) is 16.9. The van der Waals surface area contributed by atoms with Crippen LogP contribution >= 0.6 is 0 Å². The second-order valence-corrected chi connectivity index (χ2v) is 7.96. The summed E-state index contributed by atoms with van der Waals surface area (Å²) in [6.45, 7) is -0.0708. The van der Waals surface area contributed by atoms with Crippen LogP contribution in [0.25, 0.3) is 11.1 Å². The number of carbonyl (C=O) groups excluding carboxylic acids is 2. The van der Waals surface area contributed by atoms with Crippen LogP contribution in [0.1, 0.15) is 27.4 Å². The molecular formula is C26H24N2O7. The fraction of sp³-hybridized carbons (Fsp3) is 0.192. The minimum Gasteiger partial charge on any atom is -0.508 e. The lowest BCUT2D eigenvalue weighted by atomic mass is 9.98. The van der Waals surface area contributed by atoms with E-state index in [4.69, 9.17) is 9.47 Å². The summed E-state index contributed by atoms with van der Waals surface area (Å²) in [5.41, 5.74) is 4.10. The number of anilines is 1. The zero-order chi connectivity index (χ0) is 24.9. The quantitative estimate of drug-likeness (QED) is 0.365. The molecule has 0 bridgehead atoms. The van der Waals surface area contributed by atoms with Crippen molar-refractivity contribution < 1.29 is 34.1 Å². The molecule has 0 aromatic heterocycles. The molecule has 0 aliphatic heterocycles. The first-order valence-electron chi connectivity index (χ1n) is 10.9. The molecule has 9 nitrogen and oxygen atoms in total. The van der Waals surface area contributed by atoms with Crippen LogP contribution in [0, 0.1) is 0 Å². The van der Waals surface area contributed by atoms with Gasteiger partial charge in [-0.1, -0.05) is 48.5 Å². The van der Waals surface area contributed by atoms with Gasteiger partial charge in [-0.2, -0.15) is 0 Å². The van der Waals surface area contributed by atoms with Gasteiger partial charge in [0.1, 0.15) is 12.4 Å². The number of alkyl carbamates (subject to hydrolysis) is 1. The molecule has 0 radical (unpaired) electrons. The van der Waals surface area contributed by atoms with Gasteiger partial charge in [0.05, 0.1) is 17.8 Å².